The van der Waals surface area contributed by atoms with E-state index in [2.05, 4.69) is 16.5 Å². The van der Waals surface area contributed by atoms with Gasteiger partial charge < -0.3 is 9.15 Å². The van der Waals surface area contributed by atoms with E-state index in [1.165, 1.54) is 0 Å². The first-order chi connectivity index (χ1) is 9.85. The number of thioether (sulfide) groups is 2. The van der Waals surface area contributed by atoms with Crippen molar-refractivity contribution in [1.82, 2.24) is 10.2 Å². The van der Waals surface area contributed by atoms with Gasteiger partial charge in [-0.25, -0.2) is 0 Å². The van der Waals surface area contributed by atoms with Crippen LogP contribution in [-0.4, -0.2) is 34.6 Å². The van der Waals surface area contributed by atoms with Crippen molar-refractivity contribution in [1.29, 1.82) is 0 Å². The zero-order chi connectivity index (χ0) is 14.2. The number of ether oxygens (including phenoxy) is 1. The van der Waals surface area contributed by atoms with Crippen LogP contribution in [0, 0.1) is 0 Å². The number of hydrogen-bond donors (Lipinski definition) is 0. The number of aromatic nitrogens is 2. The summed E-state index contributed by atoms with van der Waals surface area (Å²) in [6.07, 6.45) is 3.25. The van der Waals surface area contributed by atoms with Crippen molar-refractivity contribution in [2.45, 2.75) is 18.6 Å². The lowest BCUT2D eigenvalue weighted by Crippen LogP contribution is -1.93. The molecule has 0 amide bonds. The van der Waals surface area contributed by atoms with Crippen molar-refractivity contribution in [3.05, 3.63) is 24.3 Å². The topological polar surface area (TPSA) is 48.2 Å². The van der Waals surface area contributed by atoms with Crippen LogP contribution in [0.3, 0.4) is 0 Å². The maximum absolute atomic E-state index is 5.69. The minimum absolute atomic E-state index is 0.515. The summed E-state index contributed by atoms with van der Waals surface area (Å²) < 4.78 is 11.3. The molecule has 4 nitrogen and oxygen atoms in total. The zero-order valence-electron chi connectivity index (χ0n) is 11.7. The average Bonchev–Trinajstić information content (AvgIpc) is 2.93. The Morgan fingerprint density at radius 1 is 1.20 bits per heavy atom. The van der Waals surface area contributed by atoms with Crippen LogP contribution in [0.15, 0.2) is 33.9 Å². The SMILES string of the molecule is CCOc1ccccc1-c1nnc(SCCCSC)o1. The highest BCUT2D eigenvalue weighted by molar-refractivity contribution is 7.99. The molecule has 0 aliphatic carbocycles. The van der Waals surface area contributed by atoms with Crippen molar-refractivity contribution >= 4 is 23.5 Å². The molecule has 0 aliphatic rings. The van der Waals surface area contributed by atoms with Gasteiger partial charge in [-0.15, -0.1) is 10.2 Å². The third kappa shape index (κ3) is 4.18. The molecule has 0 spiro atoms. The fourth-order valence-corrected chi connectivity index (χ4v) is 2.98. The van der Waals surface area contributed by atoms with Gasteiger partial charge >= 0.3 is 0 Å². The Hall–Kier alpha value is -1.14. The van der Waals surface area contributed by atoms with Crippen molar-refractivity contribution in [2.24, 2.45) is 0 Å². The van der Waals surface area contributed by atoms with Crippen molar-refractivity contribution in [2.75, 3.05) is 24.4 Å². The highest BCUT2D eigenvalue weighted by Gasteiger charge is 2.13. The Morgan fingerprint density at radius 3 is 2.85 bits per heavy atom. The standard InChI is InChI=1S/C14H18N2O2S2/c1-3-17-12-8-5-4-7-11(12)13-15-16-14(18-13)20-10-6-9-19-2/h4-5,7-8H,3,6,9-10H2,1-2H3. The van der Waals surface area contributed by atoms with Crippen LogP contribution < -0.4 is 4.74 Å². The zero-order valence-corrected chi connectivity index (χ0v) is 13.3. The van der Waals surface area contributed by atoms with Crippen LogP contribution in [0.4, 0.5) is 0 Å². The second-order valence-corrected chi connectivity index (χ2v) is 6.03. The minimum atomic E-state index is 0.515. The Balaban J connectivity index is 2.04. The van der Waals surface area contributed by atoms with Crippen LogP contribution in [0.1, 0.15) is 13.3 Å². The number of benzene rings is 1. The molecule has 1 aromatic carbocycles. The van der Waals surface area contributed by atoms with Gasteiger partial charge in [0.25, 0.3) is 11.1 Å². The molecule has 0 fully saturated rings. The van der Waals surface area contributed by atoms with E-state index in [9.17, 15) is 0 Å². The number of hydrogen-bond acceptors (Lipinski definition) is 6. The van der Waals surface area contributed by atoms with Gasteiger partial charge in [-0.2, -0.15) is 11.8 Å². The lowest BCUT2D eigenvalue weighted by Gasteiger charge is -2.05. The third-order valence-electron chi connectivity index (χ3n) is 2.54. The van der Waals surface area contributed by atoms with Gasteiger partial charge in [0.1, 0.15) is 5.75 Å². The quantitative estimate of drug-likeness (QED) is 0.543. The maximum atomic E-state index is 5.69. The Bertz CT molecular complexity index is 531. The van der Waals surface area contributed by atoms with E-state index in [0.717, 1.165) is 29.2 Å². The molecule has 0 atom stereocenters. The maximum Gasteiger partial charge on any atom is 0.276 e. The first kappa shape index (κ1) is 15.3. The molecular weight excluding hydrogens is 292 g/mol. The van der Waals surface area contributed by atoms with Crippen LogP contribution in [0.2, 0.25) is 0 Å². The second-order valence-electron chi connectivity index (χ2n) is 4.00. The molecule has 2 aromatic rings. The largest absolute Gasteiger partial charge is 0.493 e. The number of nitrogens with zero attached hydrogens (tertiary/aromatic N) is 2. The summed E-state index contributed by atoms with van der Waals surface area (Å²) in [4.78, 5) is 0. The lowest BCUT2D eigenvalue weighted by atomic mass is 10.2. The predicted octanol–water partition coefficient (Wildman–Crippen LogP) is 3.98. The summed E-state index contributed by atoms with van der Waals surface area (Å²) in [5.41, 5.74) is 0.845. The van der Waals surface area contributed by atoms with Crippen molar-refractivity contribution in [3.8, 4) is 17.2 Å². The Kier molecular flexibility index (Phi) is 6.26. The highest BCUT2D eigenvalue weighted by Crippen LogP contribution is 2.30. The van der Waals surface area contributed by atoms with Crippen molar-refractivity contribution < 1.29 is 9.15 Å². The molecule has 0 bridgehead atoms. The molecule has 0 radical (unpaired) electrons. The van der Waals surface area contributed by atoms with Crippen LogP contribution >= 0.6 is 23.5 Å². The lowest BCUT2D eigenvalue weighted by molar-refractivity contribution is 0.340. The summed E-state index contributed by atoms with van der Waals surface area (Å²) in [5.74, 6) is 3.44. The molecule has 1 aromatic heterocycles. The fraction of sp³-hybridized carbons (Fsp3) is 0.429. The van der Waals surface area contributed by atoms with E-state index < -0.39 is 0 Å². The van der Waals surface area contributed by atoms with Gasteiger partial charge in [0.05, 0.1) is 12.2 Å². The molecule has 0 aliphatic heterocycles. The van der Waals surface area contributed by atoms with E-state index in [4.69, 9.17) is 9.15 Å². The van der Waals surface area contributed by atoms with E-state index in [-0.39, 0.29) is 0 Å². The highest BCUT2D eigenvalue weighted by atomic mass is 32.2. The van der Waals surface area contributed by atoms with E-state index in [1.54, 1.807) is 11.8 Å². The Labute approximate surface area is 127 Å². The molecule has 1 heterocycles. The van der Waals surface area contributed by atoms with Crippen molar-refractivity contribution in [3.63, 3.8) is 0 Å². The normalized spacial score (nSPS) is 10.7. The summed E-state index contributed by atoms with van der Waals surface area (Å²) in [7, 11) is 0. The van der Waals surface area contributed by atoms with Gasteiger partial charge in [0.2, 0.25) is 0 Å². The van der Waals surface area contributed by atoms with Gasteiger partial charge in [-0.05, 0) is 37.5 Å². The Morgan fingerprint density at radius 2 is 2.05 bits per heavy atom. The van der Waals surface area contributed by atoms with E-state index in [0.29, 0.717) is 17.7 Å². The first-order valence-corrected chi connectivity index (χ1v) is 8.90. The molecule has 0 N–H and O–H groups in total. The monoisotopic (exact) mass is 310 g/mol. The molecule has 108 valence electrons. The van der Waals surface area contributed by atoms with Gasteiger partial charge in [0, 0.05) is 5.75 Å². The molecule has 0 unspecified atom stereocenters. The smallest absolute Gasteiger partial charge is 0.276 e. The van der Waals surface area contributed by atoms with E-state index >= 15 is 0 Å². The first-order valence-electron chi connectivity index (χ1n) is 6.52. The number of para-hydroxylation sites is 1. The average molecular weight is 310 g/mol. The summed E-state index contributed by atoms with van der Waals surface area (Å²) in [6.45, 7) is 2.57. The second kappa shape index (κ2) is 8.21. The van der Waals surface area contributed by atoms with Gasteiger partial charge in [-0.3, -0.25) is 0 Å². The van der Waals surface area contributed by atoms with Gasteiger partial charge in [-0.1, -0.05) is 23.9 Å². The van der Waals surface area contributed by atoms with Crippen LogP contribution in [-0.2, 0) is 0 Å². The number of rotatable bonds is 8. The third-order valence-corrected chi connectivity index (χ3v) is 4.14. The minimum Gasteiger partial charge on any atom is -0.493 e. The molecular formula is C14H18N2O2S2. The van der Waals surface area contributed by atoms with E-state index in [1.807, 2.05) is 43.0 Å². The summed E-state index contributed by atoms with van der Waals surface area (Å²) in [5, 5.41) is 8.80. The summed E-state index contributed by atoms with van der Waals surface area (Å²) >= 11 is 3.45. The van der Waals surface area contributed by atoms with Crippen LogP contribution in [0.25, 0.3) is 11.5 Å². The van der Waals surface area contributed by atoms with Gasteiger partial charge in [0.15, 0.2) is 0 Å². The molecule has 0 saturated heterocycles. The van der Waals surface area contributed by atoms with Crippen LogP contribution in [0.5, 0.6) is 5.75 Å². The predicted molar refractivity (Wildman–Crippen MR) is 84.6 cm³/mol. The fourth-order valence-electron chi connectivity index (χ4n) is 1.66. The summed E-state index contributed by atoms with van der Waals surface area (Å²) in [6, 6.07) is 7.71. The molecule has 2 rings (SSSR count). The molecule has 20 heavy (non-hydrogen) atoms. The molecule has 6 heteroatoms. The molecule has 0 saturated carbocycles.